The number of hydrogen-bond donors (Lipinski definition) is 1. The summed E-state index contributed by atoms with van der Waals surface area (Å²) in [5.41, 5.74) is 1.23. The molecule has 1 heterocycles. The first kappa shape index (κ1) is 15.7. The molecule has 0 bridgehead atoms. The molecule has 0 spiro atoms. The third-order valence-electron chi connectivity index (χ3n) is 3.45. The van der Waals surface area contributed by atoms with E-state index >= 15 is 0 Å². The Bertz CT molecular complexity index is 666. The number of esters is 1. The molecule has 0 saturated carbocycles. The molecular formula is C15H16N2O5. The first-order valence-corrected chi connectivity index (χ1v) is 6.86. The lowest BCUT2D eigenvalue weighted by atomic mass is 9.84. The monoisotopic (exact) mass is 304 g/mol. The highest BCUT2D eigenvalue weighted by Gasteiger charge is 2.33. The molecule has 0 saturated heterocycles. The number of rotatable bonds is 4. The van der Waals surface area contributed by atoms with Crippen molar-refractivity contribution in [1.29, 1.82) is 0 Å². The second-order valence-electron chi connectivity index (χ2n) is 4.92. The van der Waals surface area contributed by atoms with Crippen molar-refractivity contribution in [3.8, 4) is 0 Å². The summed E-state index contributed by atoms with van der Waals surface area (Å²) in [6, 6.07) is 5.96. The van der Waals surface area contributed by atoms with E-state index < -0.39 is 16.8 Å². The van der Waals surface area contributed by atoms with E-state index in [1.54, 1.807) is 19.9 Å². The molecule has 1 aliphatic rings. The highest BCUT2D eigenvalue weighted by Crippen LogP contribution is 2.34. The van der Waals surface area contributed by atoms with Crippen molar-refractivity contribution < 1.29 is 19.2 Å². The molecule has 116 valence electrons. The lowest BCUT2D eigenvalue weighted by molar-refractivity contribution is -0.384. The largest absolute Gasteiger partial charge is 0.463 e. The fraction of sp³-hybridized carbons (Fsp3) is 0.333. The molecule has 22 heavy (non-hydrogen) atoms. The summed E-state index contributed by atoms with van der Waals surface area (Å²) in [6.45, 7) is 3.52. The fourth-order valence-corrected chi connectivity index (χ4v) is 2.52. The molecule has 2 rings (SSSR count). The average molecular weight is 304 g/mol. The van der Waals surface area contributed by atoms with Gasteiger partial charge in [-0.05, 0) is 19.4 Å². The van der Waals surface area contributed by atoms with Crippen molar-refractivity contribution in [3.63, 3.8) is 0 Å². The molecule has 1 N–H and O–H groups in total. The Kier molecular flexibility index (Phi) is 4.55. The molecule has 1 aromatic rings. The van der Waals surface area contributed by atoms with E-state index in [-0.39, 0.29) is 24.6 Å². The lowest BCUT2D eigenvalue weighted by Gasteiger charge is -2.26. The van der Waals surface area contributed by atoms with Gasteiger partial charge in [-0.2, -0.15) is 0 Å². The Labute approximate surface area is 127 Å². The number of hydrogen-bond acceptors (Lipinski definition) is 5. The van der Waals surface area contributed by atoms with Crippen LogP contribution >= 0.6 is 0 Å². The predicted molar refractivity (Wildman–Crippen MR) is 77.9 cm³/mol. The van der Waals surface area contributed by atoms with Gasteiger partial charge in [0.05, 0.1) is 17.1 Å². The van der Waals surface area contributed by atoms with Crippen LogP contribution in [0.3, 0.4) is 0 Å². The third-order valence-corrected chi connectivity index (χ3v) is 3.45. The maximum atomic E-state index is 12.2. The van der Waals surface area contributed by atoms with Gasteiger partial charge in [-0.15, -0.1) is 0 Å². The summed E-state index contributed by atoms with van der Waals surface area (Å²) >= 11 is 0. The maximum Gasteiger partial charge on any atom is 0.336 e. The summed E-state index contributed by atoms with van der Waals surface area (Å²) < 4.78 is 5.03. The number of allylic oxidation sites excluding steroid dienone is 1. The van der Waals surface area contributed by atoms with Crippen molar-refractivity contribution in [1.82, 2.24) is 5.32 Å². The van der Waals surface area contributed by atoms with Crippen molar-refractivity contribution in [2.24, 2.45) is 0 Å². The molecule has 1 unspecified atom stereocenters. The first-order chi connectivity index (χ1) is 10.4. The topological polar surface area (TPSA) is 98.5 Å². The molecule has 0 radical (unpaired) electrons. The van der Waals surface area contributed by atoms with E-state index in [0.29, 0.717) is 16.8 Å². The maximum absolute atomic E-state index is 12.2. The Morgan fingerprint density at radius 2 is 2.23 bits per heavy atom. The second-order valence-corrected chi connectivity index (χ2v) is 4.92. The van der Waals surface area contributed by atoms with Gasteiger partial charge in [0, 0.05) is 30.2 Å². The van der Waals surface area contributed by atoms with Gasteiger partial charge in [0.2, 0.25) is 5.91 Å². The number of carbonyl (C=O) groups is 2. The lowest BCUT2D eigenvalue weighted by Crippen LogP contribution is -2.34. The number of amides is 1. The van der Waals surface area contributed by atoms with E-state index in [4.69, 9.17) is 4.74 Å². The standard InChI is InChI=1S/C15H16N2O5/c1-3-22-15(19)14-9(2)16-13(18)8-12(14)10-5-4-6-11(7-10)17(20)21/h4-7,12H,3,8H2,1-2H3,(H,16,18). The van der Waals surface area contributed by atoms with Crippen LogP contribution in [0.4, 0.5) is 5.69 Å². The molecule has 7 nitrogen and oxygen atoms in total. The van der Waals surface area contributed by atoms with Crippen LogP contribution in [0.2, 0.25) is 0 Å². The molecule has 1 atom stereocenters. The van der Waals surface area contributed by atoms with Crippen molar-refractivity contribution in [3.05, 3.63) is 51.2 Å². The first-order valence-electron chi connectivity index (χ1n) is 6.86. The summed E-state index contributed by atoms with van der Waals surface area (Å²) in [7, 11) is 0. The minimum atomic E-state index is -0.548. The summed E-state index contributed by atoms with van der Waals surface area (Å²) in [5, 5.41) is 13.5. The highest BCUT2D eigenvalue weighted by molar-refractivity contribution is 5.95. The normalized spacial score (nSPS) is 17.9. The number of carbonyl (C=O) groups excluding carboxylic acids is 2. The van der Waals surface area contributed by atoms with Crippen LogP contribution in [0.5, 0.6) is 0 Å². The number of nitro benzene ring substituents is 1. The molecule has 0 aromatic heterocycles. The van der Waals surface area contributed by atoms with Gasteiger partial charge in [0.15, 0.2) is 0 Å². The van der Waals surface area contributed by atoms with Crippen molar-refractivity contribution in [2.45, 2.75) is 26.2 Å². The van der Waals surface area contributed by atoms with Crippen LogP contribution in [0, 0.1) is 10.1 Å². The van der Waals surface area contributed by atoms with E-state index in [1.165, 1.54) is 18.2 Å². The number of nitro groups is 1. The SMILES string of the molecule is CCOC(=O)C1=C(C)NC(=O)CC1c1cccc([N+](=O)[O-])c1. The Morgan fingerprint density at radius 3 is 2.86 bits per heavy atom. The van der Waals surface area contributed by atoms with Crippen LogP contribution in [0.25, 0.3) is 0 Å². The van der Waals surface area contributed by atoms with Crippen LogP contribution in [-0.4, -0.2) is 23.4 Å². The molecule has 7 heteroatoms. The number of nitrogens with one attached hydrogen (secondary N) is 1. The zero-order valence-electron chi connectivity index (χ0n) is 12.3. The molecule has 1 amide bonds. The fourth-order valence-electron chi connectivity index (χ4n) is 2.52. The molecule has 1 aromatic carbocycles. The van der Waals surface area contributed by atoms with Crippen LogP contribution in [0.15, 0.2) is 35.5 Å². The van der Waals surface area contributed by atoms with Gasteiger partial charge in [-0.3, -0.25) is 14.9 Å². The number of nitrogens with zero attached hydrogens (tertiary/aromatic N) is 1. The van der Waals surface area contributed by atoms with Gasteiger partial charge >= 0.3 is 5.97 Å². The molecular weight excluding hydrogens is 288 g/mol. The highest BCUT2D eigenvalue weighted by atomic mass is 16.6. The molecule has 0 aliphatic carbocycles. The smallest absolute Gasteiger partial charge is 0.336 e. The third kappa shape index (κ3) is 3.13. The van der Waals surface area contributed by atoms with E-state index in [9.17, 15) is 19.7 Å². The van der Waals surface area contributed by atoms with Gasteiger partial charge in [0.25, 0.3) is 5.69 Å². The zero-order chi connectivity index (χ0) is 16.3. The second kappa shape index (κ2) is 6.38. The predicted octanol–water partition coefficient (Wildman–Crippen LogP) is 2.04. The minimum absolute atomic E-state index is 0.0483. The number of ether oxygens (including phenoxy) is 1. The van der Waals surface area contributed by atoms with Gasteiger partial charge < -0.3 is 10.1 Å². The van der Waals surface area contributed by atoms with Gasteiger partial charge in [-0.1, -0.05) is 12.1 Å². The van der Waals surface area contributed by atoms with Crippen molar-refractivity contribution >= 4 is 17.6 Å². The Hall–Kier alpha value is -2.70. The van der Waals surface area contributed by atoms with Crippen molar-refractivity contribution in [2.75, 3.05) is 6.61 Å². The van der Waals surface area contributed by atoms with Crippen LogP contribution in [0.1, 0.15) is 31.7 Å². The Balaban J connectivity index is 2.47. The summed E-state index contributed by atoms with van der Waals surface area (Å²) in [5.74, 6) is -1.30. The summed E-state index contributed by atoms with van der Waals surface area (Å²) in [4.78, 5) is 34.3. The molecule has 1 aliphatic heterocycles. The van der Waals surface area contributed by atoms with E-state index in [1.807, 2.05) is 0 Å². The number of non-ortho nitro benzene ring substituents is 1. The zero-order valence-corrected chi connectivity index (χ0v) is 12.3. The Morgan fingerprint density at radius 1 is 1.50 bits per heavy atom. The van der Waals surface area contributed by atoms with Crippen LogP contribution in [-0.2, 0) is 14.3 Å². The quantitative estimate of drug-likeness (QED) is 0.521. The molecule has 0 fully saturated rings. The van der Waals surface area contributed by atoms with Gasteiger partial charge in [0.1, 0.15) is 0 Å². The summed E-state index contributed by atoms with van der Waals surface area (Å²) in [6.07, 6.45) is 0.0483. The minimum Gasteiger partial charge on any atom is -0.463 e. The van der Waals surface area contributed by atoms with Crippen LogP contribution < -0.4 is 5.32 Å². The van der Waals surface area contributed by atoms with E-state index in [2.05, 4.69) is 5.32 Å². The average Bonchev–Trinajstić information content (AvgIpc) is 2.46. The number of benzene rings is 1. The van der Waals surface area contributed by atoms with E-state index in [0.717, 1.165) is 0 Å². The van der Waals surface area contributed by atoms with Gasteiger partial charge in [-0.25, -0.2) is 4.79 Å².